The van der Waals surface area contributed by atoms with Gasteiger partial charge < -0.3 is 5.32 Å². The molecule has 2 heterocycles. The molecule has 0 aliphatic carbocycles. The van der Waals surface area contributed by atoms with Crippen LogP contribution in [-0.4, -0.2) is 22.0 Å². The first-order valence-electron chi connectivity index (χ1n) is 7.53. The molecule has 0 saturated carbocycles. The van der Waals surface area contributed by atoms with E-state index in [2.05, 4.69) is 64.7 Å². The second kappa shape index (κ2) is 6.87. The maximum absolute atomic E-state index is 4.69. The van der Waals surface area contributed by atoms with Gasteiger partial charge in [0.05, 0.1) is 5.69 Å². The fourth-order valence-corrected chi connectivity index (χ4v) is 3.40. The van der Waals surface area contributed by atoms with Gasteiger partial charge in [-0.1, -0.05) is 37.3 Å². The number of benzene rings is 1. The molecule has 0 aliphatic rings. The number of hydrogen-bond donors (Lipinski definition) is 1. The number of imidazole rings is 1. The van der Waals surface area contributed by atoms with Crippen molar-refractivity contribution in [2.24, 2.45) is 0 Å². The summed E-state index contributed by atoms with van der Waals surface area (Å²) in [5, 5.41) is 5.66. The minimum absolute atomic E-state index is 0.486. The summed E-state index contributed by atoms with van der Waals surface area (Å²) in [5.74, 6) is 0. The van der Waals surface area contributed by atoms with Crippen LogP contribution in [0.2, 0.25) is 0 Å². The van der Waals surface area contributed by atoms with Gasteiger partial charge in [-0.3, -0.25) is 4.40 Å². The van der Waals surface area contributed by atoms with E-state index in [-0.39, 0.29) is 0 Å². The molecule has 0 aliphatic heterocycles. The molecule has 3 rings (SSSR count). The molecule has 0 fully saturated rings. The first-order valence-corrected chi connectivity index (χ1v) is 8.41. The zero-order chi connectivity index (χ0) is 14.5. The number of fused-ring (bicyclic) bond motifs is 1. The molecule has 1 aromatic carbocycles. The van der Waals surface area contributed by atoms with E-state index in [1.165, 1.54) is 11.3 Å². The highest BCUT2D eigenvalue weighted by Gasteiger charge is 2.11. The molecule has 0 bridgehead atoms. The largest absolute Gasteiger partial charge is 0.314 e. The standard InChI is InChI=1S/C17H21N3S/c1-2-18-15(9-8-14-6-4-3-5-7-14)12-16-13-20-10-11-21-17(20)19-16/h3-7,10-11,13,15,18H,2,8-9,12H2,1H3. The number of nitrogens with zero attached hydrogens (tertiary/aromatic N) is 2. The smallest absolute Gasteiger partial charge is 0.193 e. The highest BCUT2D eigenvalue weighted by molar-refractivity contribution is 7.15. The highest BCUT2D eigenvalue weighted by Crippen LogP contribution is 2.14. The number of aryl methyl sites for hydroxylation is 1. The topological polar surface area (TPSA) is 29.3 Å². The minimum Gasteiger partial charge on any atom is -0.314 e. The van der Waals surface area contributed by atoms with Crippen LogP contribution >= 0.6 is 11.3 Å². The van der Waals surface area contributed by atoms with Crippen LogP contribution in [0.1, 0.15) is 24.6 Å². The SMILES string of the molecule is CCNC(CCc1ccccc1)Cc1cn2ccsc2n1. The third-order valence-electron chi connectivity index (χ3n) is 3.72. The summed E-state index contributed by atoms with van der Waals surface area (Å²) in [6.45, 7) is 3.17. The quantitative estimate of drug-likeness (QED) is 0.723. The van der Waals surface area contributed by atoms with Crippen molar-refractivity contribution in [3.63, 3.8) is 0 Å². The van der Waals surface area contributed by atoms with E-state index in [1.54, 1.807) is 11.3 Å². The number of aromatic nitrogens is 2. The number of hydrogen-bond acceptors (Lipinski definition) is 3. The molecular weight excluding hydrogens is 278 g/mol. The van der Waals surface area contributed by atoms with E-state index in [0.717, 1.165) is 30.8 Å². The Morgan fingerprint density at radius 1 is 1.29 bits per heavy atom. The van der Waals surface area contributed by atoms with Gasteiger partial charge in [-0.25, -0.2) is 4.98 Å². The molecule has 1 atom stereocenters. The van der Waals surface area contributed by atoms with Crippen LogP contribution in [0.25, 0.3) is 4.96 Å². The molecule has 1 N–H and O–H groups in total. The second-order valence-corrected chi connectivity index (χ2v) is 6.18. The van der Waals surface area contributed by atoms with Crippen molar-refractivity contribution < 1.29 is 0 Å². The Morgan fingerprint density at radius 2 is 2.14 bits per heavy atom. The van der Waals surface area contributed by atoms with E-state index in [0.29, 0.717) is 6.04 Å². The Bertz CT molecular complexity index is 643. The fraction of sp³-hybridized carbons (Fsp3) is 0.353. The second-order valence-electron chi connectivity index (χ2n) is 5.31. The predicted molar refractivity (Wildman–Crippen MR) is 89.0 cm³/mol. The third-order valence-corrected chi connectivity index (χ3v) is 4.49. The molecular formula is C17H21N3S. The third kappa shape index (κ3) is 3.71. The summed E-state index contributed by atoms with van der Waals surface area (Å²) >= 11 is 1.69. The van der Waals surface area contributed by atoms with Crippen molar-refractivity contribution in [2.45, 2.75) is 32.2 Å². The zero-order valence-electron chi connectivity index (χ0n) is 12.3. The van der Waals surface area contributed by atoms with E-state index in [1.807, 2.05) is 0 Å². The maximum Gasteiger partial charge on any atom is 0.193 e. The van der Waals surface area contributed by atoms with E-state index in [9.17, 15) is 0 Å². The Labute approximate surface area is 129 Å². The molecule has 3 aromatic rings. The Morgan fingerprint density at radius 3 is 2.90 bits per heavy atom. The van der Waals surface area contributed by atoms with Crippen molar-refractivity contribution >= 4 is 16.3 Å². The Hall–Kier alpha value is -1.65. The molecule has 0 saturated heterocycles. The van der Waals surface area contributed by atoms with Gasteiger partial charge in [-0.2, -0.15) is 0 Å². The fourth-order valence-electron chi connectivity index (χ4n) is 2.68. The minimum atomic E-state index is 0.486. The molecule has 0 spiro atoms. The normalized spacial score (nSPS) is 12.8. The van der Waals surface area contributed by atoms with Crippen LogP contribution in [0.5, 0.6) is 0 Å². The summed E-state index contributed by atoms with van der Waals surface area (Å²) < 4.78 is 2.11. The van der Waals surface area contributed by atoms with Crippen molar-refractivity contribution in [2.75, 3.05) is 6.54 Å². The number of nitrogens with one attached hydrogen (secondary N) is 1. The molecule has 21 heavy (non-hydrogen) atoms. The average molecular weight is 299 g/mol. The number of likely N-dealkylation sites (N-methyl/N-ethyl adjacent to an activating group) is 1. The van der Waals surface area contributed by atoms with Gasteiger partial charge in [0, 0.05) is 30.2 Å². The summed E-state index contributed by atoms with van der Waals surface area (Å²) in [7, 11) is 0. The zero-order valence-corrected chi connectivity index (χ0v) is 13.1. The van der Waals surface area contributed by atoms with E-state index in [4.69, 9.17) is 4.98 Å². The predicted octanol–water partition coefficient (Wildman–Crippen LogP) is 3.55. The van der Waals surface area contributed by atoms with Crippen LogP contribution in [-0.2, 0) is 12.8 Å². The van der Waals surface area contributed by atoms with Crippen molar-refractivity contribution in [1.82, 2.24) is 14.7 Å². The van der Waals surface area contributed by atoms with Gasteiger partial charge >= 0.3 is 0 Å². The first kappa shape index (κ1) is 14.3. The molecule has 0 radical (unpaired) electrons. The average Bonchev–Trinajstić information content (AvgIpc) is 3.07. The molecule has 3 nitrogen and oxygen atoms in total. The lowest BCUT2D eigenvalue weighted by atomic mass is 10.0. The van der Waals surface area contributed by atoms with Crippen LogP contribution in [0.4, 0.5) is 0 Å². The molecule has 4 heteroatoms. The van der Waals surface area contributed by atoms with Gasteiger partial charge in [-0.15, -0.1) is 11.3 Å². The van der Waals surface area contributed by atoms with Gasteiger partial charge in [0.25, 0.3) is 0 Å². The highest BCUT2D eigenvalue weighted by atomic mass is 32.1. The number of thiazole rings is 1. The van der Waals surface area contributed by atoms with Gasteiger partial charge in [0.1, 0.15) is 0 Å². The Balaban J connectivity index is 1.62. The summed E-state index contributed by atoms with van der Waals surface area (Å²) in [4.78, 5) is 5.78. The lowest BCUT2D eigenvalue weighted by Gasteiger charge is -2.16. The van der Waals surface area contributed by atoms with Crippen molar-refractivity contribution in [1.29, 1.82) is 0 Å². The van der Waals surface area contributed by atoms with E-state index < -0.39 is 0 Å². The van der Waals surface area contributed by atoms with Gasteiger partial charge in [-0.05, 0) is 24.9 Å². The van der Waals surface area contributed by atoms with Gasteiger partial charge in [0.2, 0.25) is 0 Å². The maximum atomic E-state index is 4.69. The summed E-state index contributed by atoms with van der Waals surface area (Å²) in [5.41, 5.74) is 2.59. The number of rotatable bonds is 7. The monoisotopic (exact) mass is 299 g/mol. The molecule has 1 unspecified atom stereocenters. The summed E-state index contributed by atoms with van der Waals surface area (Å²) in [6.07, 6.45) is 7.47. The summed E-state index contributed by atoms with van der Waals surface area (Å²) in [6, 6.07) is 11.2. The lowest BCUT2D eigenvalue weighted by molar-refractivity contribution is 0.487. The lowest BCUT2D eigenvalue weighted by Crippen LogP contribution is -2.31. The van der Waals surface area contributed by atoms with Gasteiger partial charge in [0.15, 0.2) is 4.96 Å². The van der Waals surface area contributed by atoms with Crippen molar-refractivity contribution in [3.8, 4) is 0 Å². The molecule has 2 aromatic heterocycles. The Kier molecular flexibility index (Phi) is 4.68. The molecule has 0 amide bonds. The van der Waals surface area contributed by atoms with Crippen LogP contribution in [0, 0.1) is 0 Å². The van der Waals surface area contributed by atoms with E-state index >= 15 is 0 Å². The first-order chi connectivity index (χ1) is 10.3. The van der Waals surface area contributed by atoms with Crippen molar-refractivity contribution in [3.05, 3.63) is 59.4 Å². The van der Waals surface area contributed by atoms with Crippen LogP contribution < -0.4 is 5.32 Å². The van der Waals surface area contributed by atoms with Crippen LogP contribution in [0.3, 0.4) is 0 Å². The van der Waals surface area contributed by atoms with Crippen LogP contribution in [0.15, 0.2) is 48.1 Å². The molecule has 110 valence electrons.